The highest BCUT2D eigenvalue weighted by molar-refractivity contribution is 7.99. The normalized spacial score (nSPS) is 14.6. The van der Waals surface area contributed by atoms with Gasteiger partial charge in [-0.05, 0) is 72.3 Å². The molecule has 1 heterocycles. The van der Waals surface area contributed by atoms with E-state index >= 15 is 0 Å². The van der Waals surface area contributed by atoms with Gasteiger partial charge >= 0.3 is 0 Å². The van der Waals surface area contributed by atoms with E-state index in [0.29, 0.717) is 21.8 Å². The number of pyridine rings is 1. The molecule has 1 fully saturated rings. The van der Waals surface area contributed by atoms with Crippen molar-refractivity contribution in [1.82, 2.24) is 4.98 Å². The molecule has 1 aliphatic rings. The van der Waals surface area contributed by atoms with Crippen LogP contribution in [0.15, 0.2) is 78.9 Å². The number of hydrogen-bond acceptors (Lipinski definition) is 2. The lowest BCUT2D eigenvalue weighted by Crippen LogP contribution is -2.00. The number of hydrogen-bond donors (Lipinski definition) is 0. The lowest BCUT2D eigenvalue weighted by Gasteiger charge is -2.18. The third kappa shape index (κ3) is 5.92. The van der Waals surface area contributed by atoms with E-state index in [1.54, 1.807) is 6.07 Å². The minimum absolute atomic E-state index is 0.451. The summed E-state index contributed by atoms with van der Waals surface area (Å²) in [5, 5.41) is 1.05. The summed E-state index contributed by atoms with van der Waals surface area (Å²) in [4.78, 5) is 4.47. The maximum Gasteiger partial charge on any atom is 0.161 e. The maximum atomic E-state index is 13.6. The minimum Gasteiger partial charge on any atom is -0.248 e. The van der Waals surface area contributed by atoms with Crippen LogP contribution in [-0.2, 0) is 6.42 Å². The van der Waals surface area contributed by atoms with Gasteiger partial charge in [0, 0.05) is 16.7 Å². The number of aromatic nitrogens is 1. The van der Waals surface area contributed by atoms with Crippen LogP contribution in [0.4, 0.5) is 8.78 Å². The number of thioether (sulfide) groups is 1. The fourth-order valence-corrected chi connectivity index (χ4v) is 5.56. The second-order valence-electron chi connectivity index (χ2n) is 8.99. The highest BCUT2D eigenvalue weighted by Gasteiger charge is 2.23. The first-order valence-electron chi connectivity index (χ1n) is 11.8. The van der Waals surface area contributed by atoms with Crippen LogP contribution in [0.5, 0.6) is 0 Å². The predicted octanol–water partition coefficient (Wildman–Crippen LogP) is 8.50. The van der Waals surface area contributed by atoms with Crippen LogP contribution in [0, 0.1) is 17.6 Å². The van der Waals surface area contributed by atoms with Gasteiger partial charge in [-0.2, -0.15) is 11.8 Å². The second-order valence-corrected chi connectivity index (χ2v) is 10.2. The van der Waals surface area contributed by atoms with Crippen molar-refractivity contribution in [2.75, 3.05) is 5.75 Å². The van der Waals surface area contributed by atoms with Crippen molar-refractivity contribution in [3.8, 4) is 0 Å². The molecule has 0 amide bonds. The molecule has 4 aromatic rings. The fourth-order valence-electron chi connectivity index (χ4n) is 4.10. The Hall–Kier alpha value is -2.98. The highest BCUT2D eigenvalue weighted by Crippen LogP contribution is 2.40. The molecule has 172 valence electrons. The molecule has 5 rings (SSSR count). The summed E-state index contributed by atoms with van der Waals surface area (Å²) in [6.45, 7) is 0. The van der Waals surface area contributed by atoms with Gasteiger partial charge < -0.3 is 0 Å². The molecule has 0 unspecified atom stereocenters. The average Bonchev–Trinajstić information content (AvgIpc) is 3.69. The standard InChI is InChI=1S/C30H27F2NS/c31-27-18-24-13-15-26(33-29(24)19-28(27)32)14-11-22-7-4-8-25(17-22)30(34-20-23-9-10-23)16-12-21-5-2-1-3-6-21/h1-8,11,13-15,17-19,23,30H,9-10,12,16,20H2/t30-/m1/s1. The maximum absolute atomic E-state index is 13.6. The molecule has 3 aromatic carbocycles. The zero-order valence-electron chi connectivity index (χ0n) is 19.0. The first-order valence-corrected chi connectivity index (χ1v) is 12.9. The SMILES string of the molecule is Fc1cc2ccc(C=Cc3cccc([C@@H](CCc4ccccc4)SCC4CC4)c3)nc2cc1F. The van der Waals surface area contributed by atoms with Crippen LogP contribution in [0.2, 0.25) is 0 Å². The van der Waals surface area contributed by atoms with Gasteiger partial charge in [0.1, 0.15) is 0 Å². The second kappa shape index (κ2) is 10.5. The van der Waals surface area contributed by atoms with Crippen molar-refractivity contribution in [2.45, 2.75) is 30.9 Å². The molecule has 34 heavy (non-hydrogen) atoms. The van der Waals surface area contributed by atoms with Crippen molar-refractivity contribution in [1.29, 1.82) is 0 Å². The van der Waals surface area contributed by atoms with E-state index in [-0.39, 0.29) is 0 Å². The number of rotatable bonds is 9. The van der Waals surface area contributed by atoms with Crippen LogP contribution >= 0.6 is 11.8 Å². The van der Waals surface area contributed by atoms with E-state index in [4.69, 9.17) is 0 Å². The molecule has 0 saturated heterocycles. The van der Waals surface area contributed by atoms with Gasteiger partial charge in [0.2, 0.25) is 0 Å². The third-order valence-electron chi connectivity index (χ3n) is 6.25. The molecule has 1 saturated carbocycles. The molecule has 1 aliphatic carbocycles. The van der Waals surface area contributed by atoms with Crippen LogP contribution < -0.4 is 0 Å². The average molecular weight is 472 g/mol. The summed E-state index contributed by atoms with van der Waals surface area (Å²) in [6.07, 6.45) is 8.89. The molecule has 0 bridgehead atoms. The van der Waals surface area contributed by atoms with Crippen LogP contribution in [0.25, 0.3) is 23.1 Å². The number of nitrogens with zero attached hydrogens (tertiary/aromatic N) is 1. The Labute approximate surface area is 203 Å². The van der Waals surface area contributed by atoms with Gasteiger partial charge in [-0.1, -0.05) is 66.7 Å². The van der Waals surface area contributed by atoms with Crippen molar-refractivity contribution in [3.05, 3.63) is 113 Å². The Bertz CT molecular complexity index is 1300. The van der Waals surface area contributed by atoms with Crippen LogP contribution in [0.3, 0.4) is 0 Å². The summed E-state index contributed by atoms with van der Waals surface area (Å²) in [5.74, 6) is 0.400. The molecule has 1 aromatic heterocycles. The molecule has 4 heteroatoms. The van der Waals surface area contributed by atoms with E-state index in [2.05, 4.69) is 71.3 Å². The first kappa shape index (κ1) is 22.8. The van der Waals surface area contributed by atoms with E-state index in [1.165, 1.54) is 35.8 Å². The molecule has 0 N–H and O–H groups in total. The number of fused-ring (bicyclic) bond motifs is 1. The minimum atomic E-state index is -0.876. The van der Waals surface area contributed by atoms with Gasteiger partial charge in [0.05, 0.1) is 11.2 Å². The van der Waals surface area contributed by atoms with Crippen LogP contribution in [-0.4, -0.2) is 10.7 Å². The smallest absolute Gasteiger partial charge is 0.161 e. The van der Waals surface area contributed by atoms with Gasteiger partial charge in [-0.25, -0.2) is 13.8 Å². The first-order chi connectivity index (χ1) is 16.6. The molecule has 0 radical (unpaired) electrons. The van der Waals surface area contributed by atoms with Crippen molar-refractivity contribution >= 4 is 34.8 Å². The summed E-state index contributed by atoms with van der Waals surface area (Å²) < 4.78 is 27.1. The van der Waals surface area contributed by atoms with Crippen molar-refractivity contribution in [3.63, 3.8) is 0 Å². The molecule has 1 atom stereocenters. The Morgan fingerprint density at radius 3 is 2.53 bits per heavy atom. The summed E-state index contributed by atoms with van der Waals surface area (Å²) >= 11 is 2.09. The quantitative estimate of drug-likeness (QED) is 0.243. The third-order valence-corrected chi connectivity index (χ3v) is 7.82. The lowest BCUT2D eigenvalue weighted by molar-refractivity contribution is 0.510. The Balaban J connectivity index is 1.33. The Morgan fingerprint density at radius 2 is 1.71 bits per heavy atom. The van der Waals surface area contributed by atoms with Gasteiger partial charge in [-0.3, -0.25) is 0 Å². The zero-order valence-corrected chi connectivity index (χ0v) is 19.8. The number of aryl methyl sites for hydroxylation is 1. The fraction of sp³-hybridized carbons (Fsp3) is 0.233. The number of benzene rings is 3. The largest absolute Gasteiger partial charge is 0.248 e. The van der Waals surface area contributed by atoms with Gasteiger partial charge in [-0.15, -0.1) is 0 Å². The van der Waals surface area contributed by atoms with Crippen LogP contribution in [0.1, 0.15) is 46.9 Å². The van der Waals surface area contributed by atoms with Gasteiger partial charge in [0.15, 0.2) is 11.6 Å². The molecule has 0 spiro atoms. The highest BCUT2D eigenvalue weighted by atomic mass is 32.2. The molecular weight excluding hydrogens is 444 g/mol. The molecule has 0 aliphatic heterocycles. The lowest BCUT2D eigenvalue weighted by atomic mass is 10.0. The summed E-state index contributed by atoms with van der Waals surface area (Å²) in [7, 11) is 0. The summed E-state index contributed by atoms with van der Waals surface area (Å²) in [6, 6.07) is 25.3. The summed E-state index contributed by atoms with van der Waals surface area (Å²) in [5.41, 5.74) is 5.02. The monoisotopic (exact) mass is 471 g/mol. The predicted molar refractivity (Wildman–Crippen MR) is 140 cm³/mol. The van der Waals surface area contributed by atoms with Crippen molar-refractivity contribution < 1.29 is 8.78 Å². The molecular formula is C30H27F2NS. The zero-order chi connectivity index (χ0) is 23.3. The van der Waals surface area contributed by atoms with Gasteiger partial charge in [0.25, 0.3) is 0 Å². The molecule has 1 nitrogen and oxygen atoms in total. The van der Waals surface area contributed by atoms with E-state index < -0.39 is 11.6 Å². The Kier molecular flexibility index (Phi) is 7.05. The van der Waals surface area contributed by atoms with Crippen molar-refractivity contribution in [2.24, 2.45) is 5.92 Å². The Morgan fingerprint density at radius 1 is 0.882 bits per heavy atom. The topological polar surface area (TPSA) is 12.9 Å². The van der Waals surface area contributed by atoms with E-state index in [9.17, 15) is 8.78 Å². The number of halogens is 2. The van der Waals surface area contributed by atoms with E-state index in [1.807, 2.05) is 18.2 Å². The van der Waals surface area contributed by atoms with E-state index in [0.717, 1.165) is 30.4 Å².